The summed E-state index contributed by atoms with van der Waals surface area (Å²) >= 11 is 5.70. The first-order valence-electron chi connectivity index (χ1n) is 4.70. The number of hydrogen-bond donors (Lipinski definition) is 1. The van der Waals surface area contributed by atoms with Crippen molar-refractivity contribution in [2.45, 2.75) is 6.54 Å². The van der Waals surface area contributed by atoms with Crippen LogP contribution in [0, 0.1) is 0 Å². The van der Waals surface area contributed by atoms with Gasteiger partial charge in [0.05, 0.1) is 6.26 Å². The summed E-state index contributed by atoms with van der Waals surface area (Å²) < 4.78 is 23.6. The molecule has 1 aromatic rings. The highest BCUT2D eigenvalue weighted by Gasteiger charge is 2.19. The Balaban J connectivity index is 2.87. The molecule has 1 N–H and O–H groups in total. The van der Waals surface area contributed by atoms with Crippen molar-refractivity contribution in [1.29, 1.82) is 0 Å². The van der Waals surface area contributed by atoms with Crippen molar-refractivity contribution in [3.8, 4) is 0 Å². The number of benzene rings is 1. The molecule has 7 heteroatoms. The first-order chi connectivity index (χ1) is 7.79. The van der Waals surface area contributed by atoms with Crippen LogP contribution in [0.4, 0.5) is 0 Å². The molecule has 1 rings (SSSR count). The predicted molar refractivity (Wildman–Crippen MR) is 64.3 cm³/mol. The van der Waals surface area contributed by atoms with Crippen LogP contribution in [0.3, 0.4) is 0 Å². The molecule has 94 valence electrons. The van der Waals surface area contributed by atoms with Gasteiger partial charge in [-0.15, -0.1) is 0 Å². The number of carboxylic acid groups (broad SMARTS) is 1. The minimum atomic E-state index is -3.55. The lowest BCUT2D eigenvalue weighted by molar-refractivity contribution is -0.137. The minimum Gasteiger partial charge on any atom is -0.480 e. The van der Waals surface area contributed by atoms with Gasteiger partial charge in [0.1, 0.15) is 6.54 Å². The van der Waals surface area contributed by atoms with E-state index >= 15 is 0 Å². The van der Waals surface area contributed by atoms with Gasteiger partial charge >= 0.3 is 5.97 Å². The third-order valence-corrected chi connectivity index (χ3v) is 3.50. The molecule has 17 heavy (non-hydrogen) atoms. The van der Waals surface area contributed by atoms with E-state index in [1.54, 1.807) is 24.3 Å². The molecule has 0 aliphatic heterocycles. The summed E-state index contributed by atoms with van der Waals surface area (Å²) in [7, 11) is -3.55. The highest BCUT2D eigenvalue weighted by molar-refractivity contribution is 7.88. The summed E-state index contributed by atoms with van der Waals surface area (Å²) in [5, 5.41) is 9.18. The number of carboxylic acids is 1. The van der Waals surface area contributed by atoms with E-state index in [2.05, 4.69) is 0 Å². The number of hydrogen-bond acceptors (Lipinski definition) is 3. The van der Waals surface area contributed by atoms with Gasteiger partial charge in [0.2, 0.25) is 10.0 Å². The fourth-order valence-corrected chi connectivity index (χ4v) is 2.09. The molecule has 0 spiro atoms. The zero-order valence-electron chi connectivity index (χ0n) is 9.13. The number of rotatable bonds is 5. The van der Waals surface area contributed by atoms with E-state index in [4.69, 9.17) is 16.7 Å². The van der Waals surface area contributed by atoms with Crippen LogP contribution in [0.15, 0.2) is 24.3 Å². The van der Waals surface area contributed by atoms with Gasteiger partial charge in [-0.05, 0) is 17.7 Å². The van der Waals surface area contributed by atoms with Crippen LogP contribution in [-0.4, -0.2) is 36.6 Å². The second kappa shape index (κ2) is 5.48. The van der Waals surface area contributed by atoms with Crippen LogP contribution in [-0.2, 0) is 21.4 Å². The Bertz CT molecular complexity index is 498. The van der Waals surface area contributed by atoms with E-state index in [-0.39, 0.29) is 6.54 Å². The summed E-state index contributed by atoms with van der Waals surface area (Å²) in [4.78, 5) is 10.6. The van der Waals surface area contributed by atoms with E-state index in [0.717, 1.165) is 10.6 Å². The van der Waals surface area contributed by atoms with Crippen LogP contribution in [0.1, 0.15) is 5.56 Å². The van der Waals surface area contributed by atoms with Crippen molar-refractivity contribution >= 4 is 27.6 Å². The topological polar surface area (TPSA) is 74.7 Å². The largest absolute Gasteiger partial charge is 0.480 e. The summed E-state index contributed by atoms with van der Waals surface area (Å²) in [6.07, 6.45) is 0.978. The Morgan fingerprint density at radius 1 is 1.35 bits per heavy atom. The maximum atomic E-state index is 11.4. The molecule has 0 aromatic heterocycles. The number of halogens is 1. The molecule has 0 unspecified atom stereocenters. The van der Waals surface area contributed by atoms with E-state index in [0.29, 0.717) is 10.6 Å². The molecule has 0 saturated heterocycles. The van der Waals surface area contributed by atoms with Crippen molar-refractivity contribution in [2.24, 2.45) is 0 Å². The third kappa shape index (κ3) is 4.72. The number of sulfonamides is 1. The summed E-state index contributed by atoms with van der Waals surface area (Å²) in [6.45, 7) is -0.538. The predicted octanol–water partition coefficient (Wildman–Crippen LogP) is 1.19. The minimum absolute atomic E-state index is 0.0162. The average Bonchev–Trinajstić information content (AvgIpc) is 2.18. The highest BCUT2D eigenvalue weighted by Crippen LogP contribution is 2.12. The number of carbonyl (C=O) groups is 1. The van der Waals surface area contributed by atoms with Gasteiger partial charge in [-0.1, -0.05) is 23.7 Å². The lowest BCUT2D eigenvalue weighted by Crippen LogP contribution is -2.34. The molecular weight excluding hydrogens is 266 g/mol. The van der Waals surface area contributed by atoms with E-state index in [1.165, 1.54) is 0 Å². The van der Waals surface area contributed by atoms with Crippen molar-refractivity contribution < 1.29 is 18.3 Å². The van der Waals surface area contributed by atoms with Crippen molar-refractivity contribution in [3.63, 3.8) is 0 Å². The van der Waals surface area contributed by atoms with Gasteiger partial charge in [-0.3, -0.25) is 4.79 Å². The Labute approximate surface area is 105 Å². The molecule has 0 atom stereocenters. The van der Waals surface area contributed by atoms with Crippen LogP contribution in [0.5, 0.6) is 0 Å². The molecule has 0 aliphatic carbocycles. The zero-order chi connectivity index (χ0) is 13.1. The van der Waals surface area contributed by atoms with Gasteiger partial charge in [0.15, 0.2) is 0 Å². The number of aliphatic carboxylic acids is 1. The molecule has 0 amide bonds. The molecule has 0 heterocycles. The highest BCUT2D eigenvalue weighted by atomic mass is 35.5. The monoisotopic (exact) mass is 277 g/mol. The van der Waals surface area contributed by atoms with Crippen molar-refractivity contribution in [2.75, 3.05) is 12.8 Å². The van der Waals surface area contributed by atoms with E-state index in [1.807, 2.05) is 0 Å². The summed E-state index contributed by atoms with van der Waals surface area (Å²) in [6, 6.07) is 6.56. The van der Waals surface area contributed by atoms with Crippen LogP contribution in [0.2, 0.25) is 5.02 Å². The first-order valence-corrected chi connectivity index (χ1v) is 6.93. The smallest absolute Gasteiger partial charge is 0.318 e. The number of nitrogens with zero attached hydrogens (tertiary/aromatic N) is 1. The van der Waals surface area contributed by atoms with Gasteiger partial charge < -0.3 is 5.11 Å². The van der Waals surface area contributed by atoms with Crippen LogP contribution >= 0.6 is 11.6 Å². The maximum Gasteiger partial charge on any atom is 0.318 e. The fraction of sp³-hybridized carbons (Fsp3) is 0.300. The average molecular weight is 278 g/mol. The van der Waals surface area contributed by atoms with E-state index in [9.17, 15) is 13.2 Å². The molecule has 0 bridgehead atoms. The molecule has 0 aliphatic rings. The van der Waals surface area contributed by atoms with Gasteiger partial charge in [0.25, 0.3) is 0 Å². The molecule has 1 aromatic carbocycles. The normalized spacial score (nSPS) is 11.7. The Morgan fingerprint density at radius 2 is 1.88 bits per heavy atom. The first kappa shape index (κ1) is 14.0. The second-order valence-corrected chi connectivity index (χ2v) is 5.97. The fourth-order valence-electron chi connectivity index (χ4n) is 1.23. The van der Waals surface area contributed by atoms with Crippen LogP contribution in [0.25, 0.3) is 0 Å². The SMILES string of the molecule is CS(=O)(=O)N(CC(=O)O)Cc1ccc(Cl)cc1. The summed E-state index contributed by atoms with van der Waals surface area (Å²) in [5.41, 5.74) is 0.682. The Morgan fingerprint density at radius 3 is 2.29 bits per heavy atom. The molecular formula is C10H12ClNO4S. The second-order valence-electron chi connectivity index (χ2n) is 3.55. The lowest BCUT2D eigenvalue weighted by atomic mass is 10.2. The molecule has 0 fully saturated rings. The van der Waals surface area contributed by atoms with Gasteiger partial charge in [-0.2, -0.15) is 4.31 Å². The molecule has 5 nitrogen and oxygen atoms in total. The molecule has 0 saturated carbocycles. The van der Waals surface area contributed by atoms with E-state index < -0.39 is 22.5 Å². The van der Waals surface area contributed by atoms with Crippen molar-refractivity contribution in [1.82, 2.24) is 4.31 Å². The van der Waals surface area contributed by atoms with Gasteiger partial charge in [-0.25, -0.2) is 8.42 Å². The zero-order valence-corrected chi connectivity index (χ0v) is 10.7. The lowest BCUT2D eigenvalue weighted by Gasteiger charge is -2.17. The standard InChI is InChI=1S/C10H12ClNO4S/c1-17(15,16)12(7-10(13)14)6-8-2-4-9(11)5-3-8/h2-5H,6-7H2,1H3,(H,13,14). The third-order valence-electron chi connectivity index (χ3n) is 2.05. The maximum absolute atomic E-state index is 11.4. The molecule has 0 radical (unpaired) electrons. The van der Waals surface area contributed by atoms with Crippen LogP contribution < -0.4 is 0 Å². The quantitative estimate of drug-likeness (QED) is 0.877. The van der Waals surface area contributed by atoms with Gasteiger partial charge in [0, 0.05) is 11.6 Å². The Kier molecular flexibility index (Phi) is 4.50. The van der Waals surface area contributed by atoms with Crippen molar-refractivity contribution in [3.05, 3.63) is 34.9 Å². The Hall–Kier alpha value is -1.11. The summed E-state index contributed by atoms with van der Waals surface area (Å²) in [5.74, 6) is -1.19.